The molecular formula is C23H27N4O6S+. The van der Waals surface area contributed by atoms with Gasteiger partial charge in [0.2, 0.25) is 11.3 Å². The van der Waals surface area contributed by atoms with Gasteiger partial charge in [-0.2, -0.15) is 5.10 Å². The molecule has 2 saturated heterocycles. The van der Waals surface area contributed by atoms with Gasteiger partial charge >= 0.3 is 5.97 Å². The molecular weight excluding hydrogens is 460 g/mol. The van der Waals surface area contributed by atoms with Crippen LogP contribution in [0.2, 0.25) is 0 Å². The number of hydrogen-bond acceptors (Lipinski definition) is 7. The highest BCUT2D eigenvalue weighted by molar-refractivity contribution is 8.00. The molecule has 0 saturated carbocycles. The number of aryl methyl sites for hydroxylation is 1. The molecule has 2 fully saturated rings. The molecule has 11 heteroatoms. The third kappa shape index (κ3) is 3.63. The van der Waals surface area contributed by atoms with E-state index in [0.29, 0.717) is 47.5 Å². The minimum absolute atomic E-state index is 0.0993. The van der Waals surface area contributed by atoms with Crippen LogP contribution in [-0.4, -0.2) is 77.1 Å². The van der Waals surface area contributed by atoms with Gasteiger partial charge in [0.25, 0.3) is 0 Å². The Bertz CT molecular complexity index is 1300. The Labute approximate surface area is 199 Å². The number of carboxylic acids is 1. The smallest absolute Gasteiger partial charge is 0.352 e. The number of aromatic nitrogens is 2. The van der Waals surface area contributed by atoms with Crippen LogP contribution in [0.5, 0.6) is 11.5 Å². The van der Waals surface area contributed by atoms with E-state index in [4.69, 9.17) is 0 Å². The zero-order valence-electron chi connectivity index (χ0n) is 18.9. The van der Waals surface area contributed by atoms with E-state index in [0.717, 1.165) is 31.5 Å². The van der Waals surface area contributed by atoms with Gasteiger partial charge in [-0.1, -0.05) is 0 Å². The lowest BCUT2D eigenvalue weighted by Gasteiger charge is -2.45. The first-order valence-electron chi connectivity index (χ1n) is 11.4. The van der Waals surface area contributed by atoms with Crippen LogP contribution in [-0.2, 0) is 22.7 Å². The number of fused-ring (bicyclic) bond motifs is 2. The number of amides is 1. The molecule has 4 heterocycles. The summed E-state index contributed by atoms with van der Waals surface area (Å²) in [7, 11) is 0. The number of carbonyl (C=O) groups excluding carboxylic acids is 1. The standard InChI is InChI=1S/C23H26N4O6S/c1-2-25-16-8-18(29)17(28)7-14(16)22(31)15(24-25)11-27(5-3-4-6-27)10-13-12-34-20-9-19(30)26(20)21(13)23(32)33/h7-8,20H,2-6,9-12H2,1H3,(H2-,24,28,29,31,32,33)/p+1. The van der Waals surface area contributed by atoms with Gasteiger partial charge in [-0.15, -0.1) is 11.8 Å². The van der Waals surface area contributed by atoms with E-state index in [9.17, 15) is 29.7 Å². The lowest BCUT2D eigenvalue weighted by Crippen LogP contribution is -2.56. The maximum absolute atomic E-state index is 13.4. The Morgan fingerprint density at radius 3 is 2.53 bits per heavy atom. The van der Waals surface area contributed by atoms with Crippen molar-refractivity contribution in [2.24, 2.45) is 0 Å². The van der Waals surface area contributed by atoms with Gasteiger partial charge in [0, 0.05) is 36.8 Å². The number of rotatable bonds is 6. The van der Waals surface area contributed by atoms with Crippen LogP contribution >= 0.6 is 11.8 Å². The number of β-lactam (4-membered cyclic amide) rings is 1. The van der Waals surface area contributed by atoms with Gasteiger partial charge < -0.3 is 19.8 Å². The maximum atomic E-state index is 13.4. The number of benzene rings is 1. The summed E-state index contributed by atoms with van der Waals surface area (Å²) in [5, 5.41) is 34.6. The van der Waals surface area contributed by atoms with Crippen LogP contribution in [0.25, 0.3) is 10.9 Å². The number of hydrogen-bond donors (Lipinski definition) is 3. The van der Waals surface area contributed by atoms with Crippen LogP contribution in [0.15, 0.2) is 28.2 Å². The normalized spacial score (nSPS) is 21.6. The zero-order valence-corrected chi connectivity index (χ0v) is 19.7. The van der Waals surface area contributed by atoms with E-state index < -0.39 is 5.97 Å². The molecule has 0 aliphatic carbocycles. The third-order valence-electron chi connectivity index (χ3n) is 7.08. The molecule has 180 valence electrons. The van der Waals surface area contributed by atoms with E-state index in [1.54, 1.807) is 16.4 Å². The van der Waals surface area contributed by atoms with Gasteiger partial charge in [-0.3, -0.25) is 19.2 Å². The van der Waals surface area contributed by atoms with Crippen LogP contribution in [0.1, 0.15) is 31.9 Å². The molecule has 1 aromatic heterocycles. The highest BCUT2D eigenvalue weighted by Gasteiger charge is 2.47. The van der Waals surface area contributed by atoms with E-state index in [2.05, 4.69) is 5.10 Å². The van der Waals surface area contributed by atoms with Crippen molar-refractivity contribution in [2.75, 3.05) is 25.4 Å². The average molecular weight is 488 g/mol. The minimum atomic E-state index is -1.09. The van der Waals surface area contributed by atoms with Gasteiger partial charge in [-0.25, -0.2) is 4.79 Å². The second kappa shape index (κ2) is 8.31. The quantitative estimate of drug-likeness (QED) is 0.318. The molecule has 0 bridgehead atoms. The number of aromatic hydroxyl groups is 2. The molecule has 10 nitrogen and oxygen atoms in total. The Balaban J connectivity index is 1.56. The molecule has 0 spiro atoms. The van der Waals surface area contributed by atoms with Crippen molar-refractivity contribution in [3.8, 4) is 11.5 Å². The fourth-order valence-electron chi connectivity index (χ4n) is 5.41. The van der Waals surface area contributed by atoms with Crippen LogP contribution in [0, 0.1) is 0 Å². The molecule has 1 unspecified atom stereocenters. The van der Waals surface area contributed by atoms with Gasteiger partial charge in [0.1, 0.15) is 18.8 Å². The van der Waals surface area contributed by atoms with Crippen LogP contribution < -0.4 is 5.43 Å². The fraction of sp³-hybridized carbons (Fsp3) is 0.478. The number of carbonyl (C=O) groups is 2. The molecule has 1 aromatic carbocycles. The highest BCUT2D eigenvalue weighted by atomic mass is 32.2. The largest absolute Gasteiger partial charge is 0.504 e. The zero-order chi connectivity index (χ0) is 24.2. The van der Waals surface area contributed by atoms with Crippen molar-refractivity contribution in [3.05, 3.63) is 39.3 Å². The summed E-state index contributed by atoms with van der Waals surface area (Å²) in [4.78, 5) is 39.0. The second-order valence-electron chi connectivity index (χ2n) is 9.25. The maximum Gasteiger partial charge on any atom is 0.352 e. The molecule has 2 aromatic rings. The van der Waals surface area contributed by atoms with E-state index in [1.807, 2.05) is 6.92 Å². The molecule has 34 heavy (non-hydrogen) atoms. The Kier molecular flexibility index (Phi) is 5.56. The predicted molar refractivity (Wildman–Crippen MR) is 125 cm³/mol. The molecule has 3 N–H and O–H groups in total. The minimum Gasteiger partial charge on any atom is -0.504 e. The van der Waals surface area contributed by atoms with Crippen molar-refractivity contribution >= 4 is 34.5 Å². The van der Waals surface area contributed by atoms with E-state index in [1.165, 1.54) is 17.0 Å². The van der Waals surface area contributed by atoms with Crippen LogP contribution in [0.3, 0.4) is 0 Å². The predicted octanol–water partition coefficient (Wildman–Crippen LogP) is 1.58. The third-order valence-corrected chi connectivity index (χ3v) is 8.36. The van der Waals surface area contributed by atoms with E-state index >= 15 is 0 Å². The molecule has 1 atom stereocenters. The van der Waals surface area contributed by atoms with Crippen molar-refractivity contribution in [1.29, 1.82) is 0 Å². The lowest BCUT2D eigenvalue weighted by molar-refractivity contribution is -0.925. The first-order chi connectivity index (χ1) is 16.2. The summed E-state index contributed by atoms with van der Waals surface area (Å²) in [6, 6.07) is 2.62. The summed E-state index contributed by atoms with van der Waals surface area (Å²) in [5.41, 5.74) is 1.31. The topological polar surface area (TPSA) is 133 Å². The molecule has 3 aliphatic heterocycles. The van der Waals surface area contributed by atoms with Gasteiger partial charge in [0.05, 0.1) is 35.8 Å². The summed E-state index contributed by atoms with van der Waals surface area (Å²) < 4.78 is 2.14. The number of likely N-dealkylation sites (tertiary alicyclic amines) is 1. The SMILES string of the molecule is CCn1nc(C[N+]2(CC3=C(C(=O)O)N4C(=O)CC4SC3)CCCC2)c(=O)c2cc(O)c(O)cc21. The summed E-state index contributed by atoms with van der Waals surface area (Å²) >= 11 is 1.59. The Morgan fingerprint density at radius 2 is 1.88 bits per heavy atom. The molecule has 0 radical (unpaired) electrons. The highest BCUT2D eigenvalue weighted by Crippen LogP contribution is 2.41. The second-order valence-corrected chi connectivity index (χ2v) is 10.4. The number of aliphatic carboxylic acids is 1. The fourth-order valence-corrected chi connectivity index (χ4v) is 6.66. The summed E-state index contributed by atoms with van der Waals surface area (Å²) in [6.07, 6.45) is 2.28. The average Bonchev–Trinajstić information content (AvgIpc) is 3.25. The van der Waals surface area contributed by atoms with Crippen molar-refractivity contribution < 1.29 is 29.4 Å². The number of nitrogens with zero attached hydrogens (tertiary/aromatic N) is 4. The Morgan fingerprint density at radius 1 is 1.18 bits per heavy atom. The lowest BCUT2D eigenvalue weighted by atomic mass is 10.1. The number of phenols is 2. The summed E-state index contributed by atoms with van der Waals surface area (Å²) in [6.45, 7) is 4.69. The van der Waals surface area contributed by atoms with Gasteiger partial charge in [-0.05, 0) is 13.0 Å². The summed E-state index contributed by atoms with van der Waals surface area (Å²) in [5.74, 6) is -1.37. The molecule has 5 rings (SSSR count). The first kappa shape index (κ1) is 22.7. The van der Waals surface area contributed by atoms with Crippen LogP contribution in [0.4, 0.5) is 0 Å². The van der Waals surface area contributed by atoms with Gasteiger partial charge in [0.15, 0.2) is 17.2 Å². The number of phenolic OH excluding ortho intramolecular Hbond substituents is 2. The van der Waals surface area contributed by atoms with E-state index in [-0.39, 0.29) is 39.3 Å². The van der Waals surface area contributed by atoms with Crippen molar-refractivity contribution in [2.45, 2.75) is 44.6 Å². The van der Waals surface area contributed by atoms with Crippen molar-refractivity contribution in [1.82, 2.24) is 14.7 Å². The number of quaternary nitrogens is 1. The number of thioether (sulfide) groups is 1. The first-order valence-corrected chi connectivity index (χ1v) is 12.5. The van der Waals surface area contributed by atoms with Crippen molar-refractivity contribution in [3.63, 3.8) is 0 Å². The molecule has 1 amide bonds. The monoisotopic (exact) mass is 487 g/mol. The number of carboxylic acid groups (broad SMARTS) is 1. The molecule has 3 aliphatic rings. The Hall–Kier alpha value is -3.05.